The van der Waals surface area contributed by atoms with E-state index in [1.165, 1.54) is 0 Å². The van der Waals surface area contributed by atoms with Crippen molar-refractivity contribution in [3.63, 3.8) is 0 Å². The molecule has 1 aliphatic rings. The first-order valence-electron chi connectivity index (χ1n) is 10.7. The summed E-state index contributed by atoms with van der Waals surface area (Å²) in [5.74, 6) is 0.558. The quantitative estimate of drug-likeness (QED) is 0.537. The Bertz CT molecular complexity index is 1270. The lowest BCUT2D eigenvalue weighted by molar-refractivity contribution is 0.0849. The van der Waals surface area contributed by atoms with Crippen LogP contribution in [0, 0.1) is 11.3 Å². The Morgan fingerprint density at radius 3 is 2.61 bits per heavy atom. The summed E-state index contributed by atoms with van der Waals surface area (Å²) in [5.41, 5.74) is 3.92. The molecule has 0 atom stereocenters. The molecule has 31 heavy (non-hydrogen) atoms. The molecule has 0 unspecified atom stereocenters. The summed E-state index contributed by atoms with van der Waals surface area (Å²) in [6.07, 6.45) is 9.00. The Labute approximate surface area is 180 Å². The van der Waals surface area contributed by atoms with Crippen LogP contribution in [0.3, 0.4) is 0 Å². The number of aromatic nitrogens is 4. The van der Waals surface area contributed by atoms with Gasteiger partial charge in [0.1, 0.15) is 17.8 Å². The highest BCUT2D eigenvalue weighted by Gasteiger charge is 2.25. The van der Waals surface area contributed by atoms with Gasteiger partial charge in [0.2, 0.25) is 0 Å². The minimum absolute atomic E-state index is 0.0655. The zero-order chi connectivity index (χ0) is 21.4. The van der Waals surface area contributed by atoms with Gasteiger partial charge >= 0.3 is 0 Å². The Morgan fingerprint density at radius 1 is 1.13 bits per heavy atom. The van der Waals surface area contributed by atoms with Crippen molar-refractivity contribution in [2.45, 2.75) is 38.8 Å². The maximum Gasteiger partial charge on any atom is 0.183 e. The second kappa shape index (κ2) is 7.97. The van der Waals surface area contributed by atoms with Crippen LogP contribution in [0.5, 0.6) is 5.75 Å². The number of rotatable bonds is 4. The van der Waals surface area contributed by atoms with Gasteiger partial charge in [-0.05, 0) is 50.5 Å². The predicted molar refractivity (Wildman–Crippen MR) is 120 cm³/mol. The normalized spacial score (nSPS) is 15.5. The van der Waals surface area contributed by atoms with Crippen LogP contribution in [-0.4, -0.2) is 50.1 Å². The van der Waals surface area contributed by atoms with Crippen molar-refractivity contribution < 1.29 is 4.74 Å². The maximum atomic E-state index is 9.73. The summed E-state index contributed by atoms with van der Waals surface area (Å²) in [4.78, 5) is 18.8. The number of aromatic amines is 1. The Balaban J connectivity index is 1.58. The molecule has 4 aromatic rings. The van der Waals surface area contributed by atoms with Crippen LogP contribution in [-0.2, 0) is 0 Å². The molecule has 0 aliphatic carbocycles. The Morgan fingerprint density at radius 2 is 1.90 bits per heavy atom. The monoisotopic (exact) mass is 412 g/mol. The molecule has 1 fully saturated rings. The lowest BCUT2D eigenvalue weighted by Crippen LogP contribution is -2.41. The van der Waals surface area contributed by atoms with Crippen LogP contribution >= 0.6 is 0 Å². The van der Waals surface area contributed by atoms with E-state index in [0.29, 0.717) is 17.5 Å². The van der Waals surface area contributed by atoms with Crippen molar-refractivity contribution in [1.82, 2.24) is 24.8 Å². The Kier molecular flexibility index (Phi) is 5.00. The third-order valence-corrected chi connectivity index (χ3v) is 6.06. The van der Waals surface area contributed by atoms with Crippen LogP contribution in [0.1, 0.15) is 32.4 Å². The van der Waals surface area contributed by atoms with Crippen LogP contribution in [0.25, 0.3) is 33.1 Å². The summed E-state index contributed by atoms with van der Waals surface area (Å²) in [6.45, 7) is 6.43. The number of likely N-dealkylation sites (tertiary alicyclic amines) is 1. The zero-order valence-corrected chi connectivity index (χ0v) is 17.7. The molecule has 0 radical (unpaired) electrons. The fourth-order valence-electron chi connectivity index (χ4n) is 4.31. The standard InChI is InChI=1S/C24H24N6O/c1-15(2)30-9-5-18(6-10-30)31-23-20(12-25)27-14-21-22(23)19-11-17(13-28-24(19)29-21)16-3-7-26-8-4-16/h3-4,7-8,11,13-15,18H,5-6,9-10H2,1-2H3,(H,28,29). The van der Waals surface area contributed by atoms with Crippen molar-refractivity contribution in [2.75, 3.05) is 13.1 Å². The fraction of sp³-hybridized carbons (Fsp3) is 0.333. The molecule has 0 spiro atoms. The zero-order valence-electron chi connectivity index (χ0n) is 17.7. The summed E-state index contributed by atoms with van der Waals surface area (Å²) < 4.78 is 6.46. The molecular formula is C24H24N6O. The molecule has 7 nitrogen and oxygen atoms in total. The predicted octanol–water partition coefficient (Wildman–Crippen LogP) is 4.30. The first-order chi connectivity index (χ1) is 15.1. The van der Waals surface area contributed by atoms with Gasteiger partial charge in [-0.15, -0.1) is 0 Å². The van der Waals surface area contributed by atoms with Gasteiger partial charge in [-0.3, -0.25) is 4.98 Å². The molecule has 0 aromatic carbocycles. The van der Waals surface area contributed by atoms with Crippen LogP contribution < -0.4 is 4.74 Å². The maximum absolute atomic E-state index is 9.73. The molecule has 0 saturated carbocycles. The minimum atomic E-state index is 0.0655. The summed E-state index contributed by atoms with van der Waals surface area (Å²) >= 11 is 0. The number of hydrogen-bond acceptors (Lipinski definition) is 6. The van der Waals surface area contributed by atoms with E-state index in [9.17, 15) is 5.26 Å². The molecule has 7 heteroatoms. The Hall–Kier alpha value is -3.50. The van der Waals surface area contributed by atoms with Crippen LogP contribution in [0.15, 0.2) is 43.0 Å². The van der Waals surface area contributed by atoms with Crippen molar-refractivity contribution in [3.8, 4) is 22.9 Å². The average molecular weight is 412 g/mol. The van der Waals surface area contributed by atoms with E-state index in [2.05, 4.69) is 50.8 Å². The number of nitrogens with zero attached hydrogens (tertiary/aromatic N) is 5. The highest BCUT2D eigenvalue weighted by molar-refractivity contribution is 6.10. The third kappa shape index (κ3) is 3.60. The van der Waals surface area contributed by atoms with Gasteiger partial charge in [0.15, 0.2) is 11.4 Å². The SMILES string of the molecule is CC(C)N1CCC(Oc2c(C#N)ncc3[nH]c4ncc(-c5ccncc5)cc4c23)CC1. The number of hydrogen-bond donors (Lipinski definition) is 1. The van der Waals surface area contributed by atoms with Gasteiger partial charge in [0.05, 0.1) is 17.1 Å². The minimum Gasteiger partial charge on any atom is -0.487 e. The average Bonchev–Trinajstić information content (AvgIpc) is 3.18. The van der Waals surface area contributed by atoms with Crippen molar-refractivity contribution in [3.05, 3.63) is 48.7 Å². The van der Waals surface area contributed by atoms with E-state index in [1.807, 2.05) is 18.3 Å². The van der Waals surface area contributed by atoms with E-state index in [4.69, 9.17) is 4.74 Å². The lowest BCUT2D eigenvalue weighted by Gasteiger charge is -2.34. The number of nitrogens with one attached hydrogen (secondary N) is 1. The second-order valence-electron chi connectivity index (χ2n) is 8.26. The fourth-order valence-corrected chi connectivity index (χ4v) is 4.31. The highest BCUT2D eigenvalue weighted by Crippen LogP contribution is 2.37. The highest BCUT2D eigenvalue weighted by atomic mass is 16.5. The van der Waals surface area contributed by atoms with E-state index in [0.717, 1.165) is 59.0 Å². The molecule has 0 bridgehead atoms. The smallest absolute Gasteiger partial charge is 0.183 e. The van der Waals surface area contributed by atoms with Crippen molar-refractivity contribution in [1.29, 1.82) is 5.26 Å². The first kappa shape index (κ1) is 19.5. The van der Waals surface area contributed by atoms with E-state index in [-0.39, 0.29) is 6.10 Å². The van der Waals surface area contributed by atoms with Gasteiger partial charge in [0, 0.05) is 48.7 Å². The number of H-pyrrole nitrogens is 1. The van der Waals surface area contributed by atoms with Crippen molar-refractivity contribution >= 4 is 21.9 Å². The van der Waals surface area contributed by atoms with E-state index in [1.54, 1.807) is 18.6 Å². The largest absolute Gasteiger partial charge is 0.487 e. The second-order valence-corrected chi connectivity index (χ2v) is 8.26. The molecular weight excluding hydrogens is 388 g/mol. The molecule has 1 aliphatic heterocycles. The van der Waals surface area contributed by atoms with Gasteiger partial charge in [-0.2, -0.15) is 5.26 Å². The summed E-state index contributed by atoms with van der Waals surface area (Å²) in [6, 6.07) is 8.76. The van der Waals surface area contributed by atoms with E-state index < -0.39 is 0 Å². The van der Waals surface area contributed by atoms with Crippen LogP contribution in [0.2, 0.25) is 0 Å². The number of nitriles is 1. The summed E-state index contributed by atoms with van der Waals surface area (Å²) in [5, 5.41) is 11.5. The van der Waals surface area contributed by atoms with Crippen molar-refractivity contribution in [2.24, 2.45) is 0 Å². The first-order valence-corrected chi connectivity index (χ1v) is 10.7. The molecule has 0 amide bonds. The topological polar surface area (TPSA) is 90.7 Å². The summed E-state index contributed by atoms with van der Waals surface area (Å²) in [7, 11) is 0. The molecule has 1 N–H and O–H groups in total. The third-order valence-electron chi connectivity index (χ3n) is 6.06. The van der Waals surface area contributed by atoms with Gasteiger partial charge in [-0.25, -0.2) is 9.97 Å². The number of fused-ring (bicyclic) bond motifs is 3. The molecule has 156 valence electrons. The molecule has 5 heterocycles. The van der Waals surface area contributed by atoms with Gasteiger partial charge in [0.25, 0.3) is 0 Å². The van der Waals surface area contributed by atoms with Gasteiger partial charge < -0.3 is 14.6 Å². The van der Waals surface area contributed by atoms with Crippen LogP contribution in [0.4, 0.5) is 0 Å². The van der Waals surface area contributed by atoms with Gasteiger partial charge in [-0.1, -0.05) is 0 Å². The number of pyridine rings is 3. The lowest BCUT2D eigenvalue weighted by atomic mass is 10.1. The van der Waals surface area contributed by atoms with E-state index >= 15 is 0 Å². The molecule has 5 rings (SSSR count). The molecule has 4 aromatic heterocycles. The number of piperidine rings is 1. The molecule has 1 saturated heterocycles. The number of ether oxygens (including phenoxy) is 1.